The molecule has 0 bridgehead atoms. The molecule has 0 saturated heterocycles. The van der Waals surface area contributed by atoms with E-state index in [1.165, 1.54) is 19.3 Å². The minimum Gasteiger partial charge on any atom is -0.496 e. The van der Waals surface area contributed by atoms with Gasteiger partial charge < -0.3 is 10.5 Å². The van der Waals surface area contributed by atoms with E-state index in [1.807, 2.05) is 25.2 Å². The number of aryl methyl sites for hydroxylation is 1. The van der Waals surface area contributed by atoms with E-state index in [0.29, 0.717) is 16.8 Å². The molecule has 0 spiro atoms. The molecular weight excluding hydrogens is 274 g/mol. The van der Waals surface area contributed by atoms with Crippen LogP contribution in [-0.4, -0.2) is 16.9 Å². The van der Waals surface area contributed by atoms with Crippen LogP contribution < -0.4 is 10.5 Å². The van der Waals surface area contributed by atoms with Gasteiger partial charge in [-0.3, -0.25) is 4.68 Å². The third-order valence-corrected chi connectivity index (χ3v) is 4.28. The number of hydrogen-bond donors (Lipinski definition) is 1. The Kier molecular flexibility index (Phi) is 3.34. The predicted octanol–water partition coefficient (Wildman–Crippen LogP) is 3.60. The number of nitrogen functional groups attached to an aromatic ring is 1. The van der Waals surface area contributed by atoms with Crippen molar-refractivity contribution in [2.24, 2.45) is 7.05 Å². The molecule has 4 nitrogen and oxygen atoms in total. The van der Waals surface area contributed by atoms with Gasteiger partial charge in [-0.05, 0) is 31.0 Å². The summed E-state index contributed by atoms with van der Waals surface area (Å²) in [7, 11) is 3.53. The van der Waals surface area contributed by atoms with E-state index in [-0.39, 0.29) is 0 Å². The number of nitrogens with two attached hydrogens (primary N) is 1. The van der Waals surface area contributed by atoms with Gasteiger partial charge in [0.05, 0.1) is 18.4 Å². The first kappa shape index (κ1) is 13.3. The molecule has 2 aromatic rings. The Morgan fingerprint density at radius 3 is 2.75 bits per heavy atom. The Balaban J connectivity index is 2.20. The smallest absolute Gasteiger partial charge is 0.129 e. The fraction of sp³-hybridized carbons (Fsp3) is 0.400. The van der Waals surface area contributed by atoms with Crippen molar-refractivity contribution in [1.82, 2.24) is 9.78 Å². The number of ether oxygens (including phenoxy) is 1. The molecule has 1 aliphatic rings. The highest BCUT2D eigenvalue weighted by Gasteiger charge is 2.29. The Bertz CT molecular complexity index is 647. The molecule has 106 valence electrons. The molecule has 0 amide bonds. The van der Waals surface area contributed by atoms with Crippen LogP contribution in [0.4, 0.5) is 5.82 Å². The molecule has 2 N–H and O–H groups in total. The molecule has 1 heterocycles. The van der Waals surface area contributed by atoms with Crippen LogP contribution in [0.3, 0.4) is 0 Å². The van der Waals surface area contributed by atoms with Crippen molar-refractivity contribution in [3.05, 3.63) is 28.9 Å². The lowest BCUT2D eigenvalue weighted by Gasteiger charge is -2.25. The Labute approximate surface area is 123 Å². The zero-order chi connectivity index (χ0) is 14.3. The van der Waals surface area contributed by atoms with Crippen LogP contribution in [0.25, 0.3) is 11.1 Å². The molecule has 5 heteroatoms. The Morgan fingerprint density at radius 1 is 1.40 bits per heavy atom. The molecule has 1 aromatic carbocycles. The van der Waals surface area contributed by atoms with Crippen LogP contribution in [0, 0.1) is 0 Å². The lowest BCUT2D eigenvalue weighted by Crippen LogP contribution is -2.11. The molecule has 20 heavy (non-hydrogen) atoms. The summed E-state index contributed by atoms with van der Waals surface area (Å²) >= 11 is 6.14. The second-order valence-electron chi connectivity index (χ2n) is 5.24. The summed E-state index contributed by atoms with van der Waals surface area (Å²) in [5.41, 5.74) is 9.19. The van der Waals surface area contributed by atoms with Gasteiger partial charge in [0.2, 0.25) is 0 Å². The molecule has 0 atom stereocenters. The number of halogens is 1. The highest BCUT2D eigenvalue weighted by Crippen LogP contribution is 2.45. The molecule has 0 aliphatic heterocycles. The van der Waals surface area contributed by atoms with Gasteiger partial charge in [0.1, 0.15) is 11.6 Å². The van der Waals surface area contributed by atoms with Gasteiger partial charge >= 0.3 is 0 Å². The SMILES string of the molecule is COc1ccc(Cl)cc1-c1c(C2CCC2)nn(C)c1N. The maximum absolute atomic E-state index is 6.23. The number of benzene rings is 1. The lowest BCUT2D eigenvalue weighted by molar-refractivity contribution is 0.407. The van der Waals surface area contributed by atoms with E-state index < -0.39 is 0 Å². The van der Waals surface area contributed by atoms with Crippen molar-refractivity contribution < 1.29 is 4.74 Å². The molecule has 1 aliphatic carbocycles. The van der Waals surface area contributed by atoms with E-state index in [0.717, 1.165) is 22.6 Å². The van der Waals surface area contributed by atoms with Crippen molar-refractivity contribution in [3.63, 3.8) is 0 Å². The zero-order valence-corrected chi connectivity index (χ0v) is 12.4. The van der Waals surface area contributed by atoms with Crippen molar-refractivity contribution in [3.8, 4) is 16.9 Å². The van der Waals surface area contributed by atoms with Crippen molar-refractivity contribution in [2.75, 3.05) is 12.8 Å². The van der Waals surface area contributed by atoms with Gasteiger partial charge in [-0.25, -0.2) is 0 Å². The number of aromatic nitrogens is 2. The molecular formula is C15H18ClN3O. The molecule has 3 rings (SSSR count). The highest BCUT2D eigenvalue weighted by atomic mass is 35.5. The van der Waals surface area contributed by atoms with Gasteiger partial charge in [-0.1, -0.05) is 18.0 Å². The number of methoxy groups -OCH3 is 1. The van der Waals surface area contributed by atoms with E-state index >= 15 is 0 Å². The van der Waals surface area contributed by atoms with Crippen molar-refractivity contribution >= 4 is 17.4 Å². The van der Waals surface area contributed by atoms with Gasteiger partial charge in [-0.15, -0.1) is 0 Å². The first-order chi connectivity index (χ1) is 9.61. The minimum absolute atomic E-state index is 0.497. The average molecular weight is 292 g/mol. The van der Waals surface area contributed by atoms with Crippen LogP contribution in [0.5, 0.6) is 5.75 Å². The third kappa shape index (κ3) is 2.04. The van der Waals surface area contributed by atoms with Crippen LogP contribution in [0.15, 0.2) is 18.2 Å². The first-order valence-corrected chi connectivity index (χ1v) is 7.16. The summed E-state index contributed by atoms with van der Waals surface area (Å²) in [4.78, 5) is 0. The average Bonchev–Trinajstić information content (AvgIpc) is 2.63. The summed E-state index contributed by atoms with van der Waals surface area (Å²) in [6.45, 7) is 0. The molecule has 0 unspecified atom stereocenters. The van der Waals surface area contributed by atoms with Crippen LogP contribution >= 0.6 is 11.6 Å². The summed E-state index contributed by atoms with van der Waals surface area (Å²) in [6, 6.07) is 5.59. The van der Waals surface area contributed by atoms with Crippen LogP contribution in [0.1, 0.15) is 30.9 Å². The zero-order valence-electron chi connectivity index (χ0n) is 11.7. The van der Waals surface area contributed by atoms with Gasteiger partial charge in [0.15, 0.2) is 0 Å². The van der Waals surface area contributed by atoms with Crippen LogP contribution in [0.2, 0.25) is 5.02 Å². The van der Waals surface area contributed by atoms with Gasteiger partial charge in [0.25, 0.3) is 0 Å². The predicted molar refractivity (Wildman–Crippen MR) is 81.2 cm³/mol. The number of anilines is 1. The first-order valence-electron chi connectivity index (χ1n) is 6.78. The monoisotopic (exact) mass is 291 g/mol. The summed E-state index contributed by atoms with van der Waals surface area (Å²) in [6.07, 6.45) is 3.60. The highest BCUT2D eigenvalue weighted by molar-refractivity contribution is 6.31. The Hall–Kier alpha value is -1.68. The largest absolute Gasteiger partial charge is 0.496 e. The number of nitrogens with zero attached hydrogens (tertiary/aromatic N) is 2. The Morgan fingerprint density at radius 2 is 2.15 bits per heavy atom. The fourth-order valence-corrected chi connectivity index (χ4v) is 2.85. The third-order valence-electron chi connectivity index (χ3n) is 4.04. The van der Waals surface area contributed by atoms with E-state index in [9.17, 15) is 0 Å². The minimum atomic E-state index is 0.497. The summed E-state index contributed by atoms with van der Waals surface area (Å²) in [5, 5.41) is 5.28. The fourth-order valence-electron chi connectivity index (χ4n) is 2.68. The van der Waals surface area contributed by atoms with Crippen molar-refractivity contribution in [1.29, 1.82) is 0 Å². The van der Waals surface area contributed by atoms with Crippen molar-refractivity contribution in [2.45, 2.75) is 25.2 Å². The second kappa shape index (κ2) is 5.02. The molecule has 1 fully saturated rings. The maximum Gasteiger partial charge on any atom is 0.129 e. The van der Waals surface area contributed by atoms with Gasteiger partial charge in [0, 0.05) is 23.6 Å². The number of hydrogen-bond acceptors (Lipinski definition) is 3. The maximum atomic E-state index is 6.23. The van der Waals surface area contributed by atoms with E-state index in [1.54, 1.807) is 11.8 Å². The van der Waals surface area contributed by atoms with Crippen LogP contribution in [-0.2, 0) is 7.05 Å². The van der Waals surface area contributed by atoms with E-state index in [4.69, 9.17) is 22.1 Å². The molecule has 0 radical (unpaired) electrons. The quantitative estimate of drug-likeness (QED) is 0.940. The topological polar surface area (TPSA) is 53.1 Å². The van der Waals surface area contributed by atoms with E-state index in [2.05, 4.69) is 5.10 Å². The van der Waals surface area contributed by atoms with Gasteiger partial charge in [-0.2, -0.15) is 5.10 Å². The number of rotatable bonds is 3. The molecule has 1 saturated carbocycles. The second-order valence-corrected chi connectivity index (χ2v) is 5.68. The summed E-state index contributed by atoms with van der Waals surface area (Å²) < 4.78 is 7.19. The summed E-state index contributed by atoms with van der Waals surface area (Å²) in [5.74, 6) is 1.93. The lowest BCUT2D eigenvalue weighted by atomic mass is 9.80. The normalized spacial score (nSPS) is 15.2. The molecule has 1 aromatic heterocycles. The standard InChI is InChI=1S/C15H18ClN3O/c1-19-15(17)13(14(18-19)9-4-3-5-9)11-8-10(16)6-7-12(11)20-2/h6-9H,3-5,17H2,1-2H3.